The Morgan fingerprint density at radius 3 is 1.94 bits per heavy atom. The number of furan rings is 1. The molecule has 1 aromatic heterocycles. The molecular weight excluding hydrogens is 597 g/mol. The zero-order chi connectivity index (χ0) is 33.1. The van der Waals surface area contributed by atoms with Crippen LogP contribution in [0.25, 0.3) is 44.2 Å². The second kappa shape index (κ2) is 11.3. The molecule has 0 unspecified atom stereocenters. The first-order chi connectivity index (χ1) is 24.0. The van der Waals surface area contributed by atoms with Gasteiger partial charge in [-0.3, -0.25) is 0 Å². The molecule has 7 aromatic carbocycles. The highest BCUT2D eigenvalue weighted by molar-refractivity contribution is 6.13. The Balaban J connectivity index is 1.17. The number of hydrogen-bond donors (Lipinski definition) is 0. The molecular formula is C46H36N2O. The van der Waals surface area contributed by atoms with E-state index >= 15 is 0 Å². The molecule has 8 aromatic rings. The lowest BCUT2D eigenvalue weighted by Crippen LogP contribution is -2.14. The average Bonchev–Trinajstić information content (AvgIpc) is 3.64. The first-order valence-electron chi connectivity index (χ1n) is 16.9. The van der Waals surface area contributed by atoms with Crippen LogP contribution in [-0.2, 0) is 5.41 Å². The van der Waals surface area contributed by atoms with Gasteiger partial charge in [0.05, 0.1) is 11.1 Å². The fourth-order valence-electron chi connectivity index (χ4n) is 7.74. The van der Waals surface area contributed by atoms with Crippen LogP contribution >= 0.6 is 0 Å². The lowest BCUT2D eigenvalue weighted by atomic mass is 9.81. The molecule has 0 spiro atoms. The van der Waals surface area contributed by atoms with Crippen LogP contribution in [0.4, 0.5) is 28.4 Å². The molecule has 0 aliphatic heterocycles. The van der Waals surface area contributed by atoms with E-state index in [1.807, 2.05) is 0 Å². The van der Waals surface area contributed by atoms with E-state index in [0.717, 1.165) is 50.4 Å². The molecule has 3 nitrogen and oxygen atoms in total. The van der Waals surface area contributed by atoms with Crippen molar-refractivity contribution in [2.24, 2.45) is 0 Å². The highest BCUT2D eigenvalue weighted by Crippen LogP contribution is 2.50. The first-order valence-corrected chi connectivity index (χ1v) is 16.9. The van der Waals surface area contributed by atoms with Gasteiger partial charge in [0.2, 0.25) is 0 Å². The maximum absolute atomic E-state index is 6.43. The van der Waals surface area contributed by atoms with Gasteiger partial charge < -0.3 is 14.2 Å². The van der Waals surface area contributed by atoms with Gasteiger partial charge in [-0.25, -0.2) is 0 Å². The van der Waals surface area contributed by atoms with E-state index in [1.165, 1.54) is 33.4 Å². The summed E-state index contributed by atoms with van der Waals surface area (Å²) >= 11 is 0. The third-order valence-corrected chi connectivity index (χ3v) is 10.3. The van der Waals surface area contributed by atoms with Crippen LogP contribution in [0.15, 0.2) is 168 Å². The predicted octanol–water partition coefficient (Wildman–Crippen LogP) is 12.8. The standard InChI is InChI=1S/C46H36N2O/c1-46(2)40-21-11-10-20-37(40)38-26-24-32(29-41(38)46)31-14-12-19-35(28-31)48(34-17-8-5-9-18-34)36-25-27-43-39(30-36)45-42(22-13-23-44(45)49-43)47(3)33-15-6-4-7-16-33/h4-30H,1-3H3. The van der Waals surface area contributed by atoms with Crippen molar-refractivity contribution < 1.29 is 4.42 Å². The maximum Gasteiger partial charge on any atom is 0.137 e. The van der Waals surface area contributed by atoms with Gasteiger partial charge in [-0.15, -0.1) is 0 Å². The Morgan fingerprint density at radius 1 is 0.469 bits per heavy atom. The van der Waals surface area contributed by atoms with Crippen molar-refractivity contribution >= 4 is 50.4 Å². The van der Waals surface area contributed by atoms with Crippen molar-refractivity contribution in [1.29, 1.82) is 0 Å². The third-order valence-electron chi connectivity index (χ3n) is 10.3. The molecule has 1 aliphatic rings. The molecule has 9 rings (SSSR count). The van der Waals surface area contributed by atoms with Crippen molar-refractivity contribution in [3.63, 3.8) is 0 Å². The van der Waals surface area contributed by atoms with Gasteiger partial charge in [-0.2, -0.15) is 0 Å². The van der Waals surface area contributed by atoms with Crippen molar-refractivity contribution in [2.75, 3.05) is 16.8 Å². The summed E-state index contributed by atoms with van der Waals surface area (Å²) in [6.45, 7) is 4.68. The topological polar surface area (TPSA) is 19.6 Å². The number of para-hydroxylation sites is 2. The van der Waals surface area contributed by atoms with Gasteiger partial charge in [-0.05, 0) is 106 Å². The lowest BCUT2D eigenvalue weighted by Gasteiger charge is -2.26. The number of hydrogen-bond acceptors (Lipinski definition) is 3. The molecule has 0 saturated heterocycles. The van der Waals surface area contributed by atoms with E-state index in [4.69, 9.17) is 4.42 Å². The molecule has 49 heavy (non-hydrogen) atoms. The van der Waals surface area contributed by atoms with Gasteiger partial charge >= 0.3 is 0 Å². The minimum absolute atomic E-state index is 0.0498. The van der Waals surface area contributed by atoms with Crippen LogP contribution in [0.3, 0.4) is 0 Å². The van der Waals surface area contributed by atoms with Gasteiger partial charge in [0.25, 0.3) is 0 Å². The summed E-state index contributed by atoms with van der Waals surface area (Å²) in [5, 5.41) is 2.19. The largest absolute Gasteiger partial charge is 0.456 e. The van der Waals surface area contributed by atoms with Crippen LogP contribution in [0.2, 0.25) is 0 Å². The molecule has 1 heterocycles. The summed E-state index contributed by atoms with van der Waals surface area (Å²) in [4.78, 5) is 4.58. The fraction of sp³-hybridized carbons (Fsp3) is 0.0870. The van der Waals surface area contributed by atoms with E-state index < -0.39 is 0 Å². The Morgan fingerprint density at radius 2 is 1.12 bits per heavy atom. The normalized spacial score (nSPS) is 13.0. The lowest BCUT2D eigenvalue weighted by molar-refractivity contribution is 0.660. The second-order valence-electron chi connectivity index (χ2n) is 13.5. The molecule has 0 atom stereocenters. The minimum Gasteiger partial charge on any atom is -0.456 e. The SMILES string of the molecule is CN(c1ccccc1)c1cccc2oc3ccc(N(c4ccccc4)c4cccc(-c5ccc6c(c5)C(C)(C)c5ccccc5-6)c4)cc3c12. The molecule has 3 heteroatoms. The van der Waals surface area contributed by atoms with Crippen molar-refractivity contribution in [3.8, 4) is 22.3 Å². The van der Waals surface area contributed by atoms with Crippen LogP contribution in [-0.4, -0.2) is 7.05 Å². The fourth-order valence-corrected chi connectivity index (χ4v) is 7.74. The van der Waals surface area contributed by atoms with E-state index in [2.05, 4.69) is 194 Å². The average molecular weight is 633 g/mol. The van der Waals surface area contributed by atoms with Crippen LogP contribution in [0, 0.1) is 0 Å². The van der Waals surface area contributed by atoms with Crippen LogP contribution in [0.1, 0.15) is 25.0 Å². The minimum atomic E-state index is -0.0498. The molecule has 236 valence electrons. The monoisotopic (exact) mass is 632 g/mol. The Labute approximate surface area is 287 Å². The third kappa shape index (κ3) is 4.73. The Hall–Kier alpha value is -6.06. The molecule has 1 aliphatic carbocycles. The summed E-state index contributed by atoms with van der Waals surface area (Å²) < 4.78 is 6.43. The molecule has 0 amide bonds. The number of fused-ring (bicyclic) bond motifs is 6. The Kier molecular flexibility index (Phi) is 6.70. The smallest absolute Gasteiger partial charge is 0.137 e. The summed E-state index contributed by atoms with van der Waals surface area (Å²) in [6, 6.07) is 58.7. The van der Waals surface area contributed by atoms with E-state index in [0.29, 0.717) is 0 Å². The Bertz CT molecular complexity index is 2490. The van der Waals surface area contributed by atoms with Gasteiger partial charge in [0, 0.05) is 40.6 Å². The highest BCUT2D eigenvalue weighted by Gasteiger charge is 2.35. The second-order valence-corrected chi connectivity index (χ2v) is 13.5. The van der Waals surface area contributed by atoms with E-state index in [9.17, 15) is 0 Å². The molecule has 0 N–H and O–H groups in total. The summed E-state index contributed by atoms with van der Waals surface area (Å²) in [5.41, 5.74) is 15.1. The summed E-state index contributed by atoms with van der Waals surface area (Å²) in [6.07, 6.45) is 0. The number of nitrogens with zero attached hydrogens (tertiary/aromatic N) is 2. The first kappa shape index (κ1) is 29.1. The van der Waals surface area contributed by atoms with E-state index in [1.54, 1.807) is 0 Å². The molecule has 0 fully saturated rings. The van der Waals surface area contributed by atoms with Crippen molar-refractivity contribution in [2.45, 2.75) is 19.3 Å². The van der Waals surface area contributed by atoms with Crippen molar-refractivity contribution in [1.82, 2.24) is 0 Å². The molecule has 0 bridgehead atoms. The predicted molar refractivity (Wildman–Crippen MR) is 206 cm³/mol. The van der Waals surface area contributed by atoms with Gasteiger partial charge in [0.15, 0.2) is 0 Å². The number of benzene rings is 7. The van der Waals surface area contributed by atoms with Crippen LogP contribution in [0.5, 0.6) is 0 Å². The quantitative estimate of drug-likeness (QED) is 0.182. The van der Waals surface area contributed by atoms with E-state index in [-0.39, 0.29) is 5.41 Å². The molecule has 0 radical (unpaired) electrons. The van der Waals surface area contributed by atoms with Crippen molar-refractivity contribution in [3.05, 3.63) is 175 Å². The van der Waals surface area contributed by atoms with Crippen LogP contribution < -0.4 is 9.80 Å². The molecule has 0 saturated carbocycles. The van der Waals surface area contributed by atoms with Gasteiger partial charge in [0.1, 0.15) is 11.2 Å². The van der Waals surface area contributed by atoms with Gasteiger partial charge in [-0.1, -0.05) is 105 Å². The summed E-state index contributed by atoms with van der Waals surface area (Å²) in [7, 11) is 2.12. The zero-order valence-electron chi connectivity index (χ0n) is 27.9. The maximum atomic E-state index is 6.43. The zero-order valence-corrected chi connectivity index (χ0v) is 27.9. The highest BCUT2D eigenvalue weighted by atomic mass is 16.3. The summed E-state index contributed by atoms with van der Waals surface area (Å²) in [5.74, 6) is 0. The number of anilines is 5. The number of rotatable bonds is 6.